The second-order valence-corrected chi connectivity index (χ2v) is 11.6. The molecule has 0 saturated heterocycles. The maximum absolute atomic E-state index is 14.5. The highest BCUT2D eigenvalue weighted by Crippen LogP contribution is 2.33. The minimum atomic E-state index is -0.995. The van der Waals surface area contributed by atoms with Gasteiger partial charge in [0, 0.05) is 67.1 Å². The number of methoxy groups -OCH3 is 2. The van der Waals surface area contributed by atoms with Crippen LogP contribution >= 0.6 is 0 Å². The molecule has 53 heavy (non-hydrogen) atoms. The normalized spacial score (nSPS) is 11.6. The van der Waals surface area contributed by atoms with E-state index in [1.54, 1.807) is 6.07 Å². The van der Waals surface area contributed by atoms with Gasteiger partial charge in [0.05, 0.1) is 30.4 Å². The summed E-state index contributed by atoms with van der Waals surface area (Å²) in [5.74, 6) is -3.68. The van der Waals surface area contributed by atoms with Gasteiger partial charge in [-0.1, -0.05) is 0 Å². The van der Waals surface area contributed by atoms with Crippen LogP contribution in [0.3, 0.4) is 0 Å². The first-order chi connectivity index (χ1) is 25.1. The lowest BCUT2D eigenvalue weighted by Gasteiger charge is -2.27. The van der Waals surface area contributed by atoms with Crippen molar-refractivity contribution in [3.05, 3.63) is 123 Å². The number of fused-ring (bicyclic) bond motifs is 1. The van der Waals surface area contributed by atoms with E-state index in [0.29, 0.717) is 11.4 Å². The highest BCUT2D eigenvalue weighted by Gasteiger charge is 2.20. The Morgan fingerprint density at radius 1 is 0.774 bits per heavy atom. The van der Waals surface area contributed by atoms with Crippen LogP contribution in [0.4, 0.5) is 51.7 Å². The van der Waals surface area contributed by atoms with E-state index in [1.807, 2.05) is 7.05 Å². The number of ether oxygens (including phenoxy) is 3. The predicted octanol–water partition coefficient (Wildman–Crippen LogP) is 7.14. The number of esters is 1. The summed E-state index contributed by atoms with van der Waals surface area (Å²) in [6.07, 6.45) is 2.12. The molecule has 16 heteroatoms. The van der Waals surface area contributed by atoms with Crippen molar-refractivity contribution in [2.75, 3.05) is 55.6 Å². The zero-order chi connectivity index (χ0) is 39.0. The predicted molar refractivity (Wildman–Crippen MR) is 195 cm³/mol. The van der Waals surface area contributed by atoms with E-state index in [1.165, 1.54) is 56.7 Å². The van der Waals surface area contributed by atoms with Gasteiger partial charge in [0.15, 0.2) is 5.82 Å². The average molecular weight is 737 g/mol. The van der Waals surface area contributed by atoms with Crippen molar-refractivity contribution in [1.82, 2.24) is 0 Å². The largest absolute Gasteiger partial charge is 0.496 e. The number of nitrogens with zero attached hydrogens (tertiary/aromatic N) is 2. The Balaban J connectivity index is 0.000000213. The Kier molecular flexibility index (Phi) is 12.5. The number of carbonyl (C=O) groups excluding carboxylic acids is 1. The molecule has 1 aliphatic rings. The summed E-state index contributed by atoms with van der Waals surface area (Å²) in [5.41, 5.74) is 24.3. The standard InChI is InChI=1S/C20H14F2N2O5.C10H13FN2.C7H9FN2O/c1-28-18-8-12(23)4-7-15(18)20(25)29-14-9-16(21)19(17(22)10-14)11-2-5-13(6-3-11)24(26)27;1-13-4-2-3-7-5-9(12)8(11)6-10(7)13;1-11-6-3-4(9)2-5(8)7(6)10/h2-10H,23H2,1H3;5-6H,2-4,12H2,1H3;2-3H,9-10H2,1H3. The molecule has 0 fully saturated rings. The minimum absolute atomic E-state index is 0.0123. The summed E-state index contributed by atoms with van der Waals surface area (Å²) >= 11 is 0. The molecule has 12 nitrogen and oxygen atoms in total. The molecule has 0 bridgehead atoms. The molecule has 0 saturated carbocycles. The summed E-state index contributed by atoms with van der Waals surface area (Å²) in [6.45, 7) is 0.996. The van der Waals surface area contributed by atoms with Gasteiger partial charge in [-0.25, -0.2) is 22.4 Å². The molecule has 0 amide bonds. The summed E-state index contributed by atoms with van der Waals surface area (Å²) in [5, 5.41) is 10.7. The van der Waals surface area contributed by atoms with Crippen molar-refractivity contribution in [3.8, 4) is 28.4 Å². The van der Waals surface area contributed by atoms with Crippen LogP contribution in [-0.4, -0.2) is 38.7 Å². The molecule has 6 rings (SSSR count). The number of nitro benzene ring substituents is 1. The van der Waals surface area contributed by atoms with Crippen LogP contribution in [0.5, 0.6) is 17.2 Å². The number of hydrogen-bond donors (Lipinski definition) is 4. The second-order valence-electron chi connectivity index (χ2n) is 11.6. The molecular weight excluding hydrogens is 700 g/mol. The van der Waals surface area contributed by atoms with Crippen LogP contribution in [0, 0.1) is 33.4 Å². The van der Waals surface area contributed by atoms with Gasteiger partial charge in [-0.2, -0.15) is 0 Å². The third kappa shape index (κ3) is 9.55. The molecular formula is C37H36F4N6O6. The molecule has 0 spiro atoms. The first-order valence-electron chi connectivity index (χ1n) is 15.7. The number of hydrogen-bond acceptors (Lipinski definition) is 11. The number of anilines is 5. The van der Waals surface area contributed by atoms with Gasteiger partial charge in [-0.15, -0.1) is 0 Å². The van der Waals surface area contributed by atoms with E-state index in [0.717, 1.165) is 61.0 Å². The lowest BCUT2D eigenvalue weighted by Crippen LogP contribution is -2.24. The third-order valence-electron chi connectivity index (χ3n) is 7.92. The molecule has 1 aliphatic heterocycles. The Morgan fingerprint density at radius 3 is 2.00 bits per heavy atom. The van der Waals surface area contributed by atoms with Crippen molar-refractivity contribution in [2.24, 2.45) is 0 Å². The van der Waals surface area contributed by atoms with Crippen LogP contribution in [0.1, 0.15) is 22.3 Å². The maximum Gasteiger partial charge on any atom is 0.347 e. The van der Waals surface area contributed by atoms with E-state index in [4.69, 9.17) is 37.1 Å². The monoisotopic (exact) mass is 736 g/mol. The lowest BCUT2D eigenvalue weighted by atomic mass is 10.0. The van der Waals surface area contributed by atoms with Crippen molar-refractivity contribution in [2.45, 2.75) is 12.8 Å². The minimum Gasteiger partial charge on any atom is -0.496 e. The zero-order valence-electron chi connectivity index (χ0n) is 28.8. The highest BCUT2D eigenvalue weighted by molar-refractivity contribution is 5.94. The van der Waals surface area contributed by atoms with Gasteiger partial charge in [0.25, 0.3) is 5.69 Å². The number of nitrogens with two attached hydrogens (primary N) is 4. The van der Waals surface area contributed by atoms with Crippen LogP contribution in [-0.2, 0) is 6.42 Å². The molecule has 0 aromatic heterocycles. The van der Waals surface area contributed by atoms with Gasteiger partial charge in [0.1, 0.15) is 46.0 Å². The Hall–Kier alpha value is -6.71. The van der Waals surface area contributed by atoms with Crippen LogP contribution < -0.4 is 42.0 Å². The number of non-ortho nitro benzene ring substituents is 1. The van der Waals surface area contributed by atoms with Crippen LogP contribution in [0.15, 0.2) is 78.9 Å². The molecule has 5 aromatic carbocycles. The fourth-order valence-electron chi connectivity index (χ4n) is 5.26. The number of benzene rings is 5. The fourth-order valence-corrected chi connectivity index (χ4v) is 5.26. The van der Waals surface area contributed by atoms with Crippen molar-refractivity contribution in [1.29, 1.82) is 0 Å². The van der Waals surface area contributed by atoms with Gasteiger partial charge >= 0.3 is 5.97 Å². The van der Waals surface area contributed by atoms with Gasteiger partial charge in [-0.05, 0) is 66.4 Å². The first-order valence-corrected chi connectivity index (χ1v) is 15.7. The van der Waals surface area contributed by atoms with Gasteiger partial charge in [-0.3, -0.25) is 10.1 Å². The number of nitrogen functional groups attached to an aromatic ring is 4. The Morgan fingerprint density at radius 2 is 1.40 bits per heavy atom. The average Bonchev–Trinajstić information content (AvgIpc) is 3.11. The number of nitro groups is 1. The summed E-state index contributed by atoms with van der Waals surface area (Å²) < 4.78 is 69.7. The molecule has 1 heterocycles. The maximum atomic E-state index is 14.5. The van der Waals surface area contributed by atoms with E-state index in [9.17, 15) is 32.5 Å². The lowest BCUT2D eigenvalue weighted by molar-refractivity contribution is -0.384. The Bertz CT molecular complexity index is 2110. The van der Waals surface area contributed by atoms with Crippen molar-refractivity contribution < 1.29 is 41.5 Å². The molecule has 8 N–H and O–H groups in total. The van der Waals surface area contributed by atoms with E-state index < -0.39 is 33.9 Å². The van der Waals surface area contributed by atoms with E-state index >= 15 is 0 Å². The third-order valence-corrected chi connectivity index (χ3v) is 7.92. The molecule has 278 valence electrons. The van der Waals surface area contributed by atoms with Crippen LogP contribution in [0.25, 0.3) is 11.1 Å². The molecule has 5 aromatic rings. The number of rotatable bonds is 6. The number of halogens is 4. The SMILES string of the molecule is CN1CCCc2cc(N)c(F)cc21.COc1cc(N)cc(F)c1N.COc1cc(N)ccc1C(=O)Oc1cc(F)c(-c2ccc([N+](=O)[O-])cc2)c(F)c1. The van der Waals surface area contributed by atoms with Gasteiger partial charge in [0.2, 0.25) is 0 Å². The van der Waals surface area contributed by atoms with E-state index in [2.05, 4.69) is 4.90 Å². The summed E-state index contributed by atoms with van der Waals surface area (Å²) in [4.78, 5) is 24.5. The first kappa shape index (κ1) is 39.1. The van der Waals surface area contributed by atoms with Gasteiger partial charge < -0.3 is 42.0 Å². The summed E-state index contributed by atoms with van der Waals surface area (Å²) in [6, 6.07) is 16.6. The molecule has 0 unspecified atom stereocenters. The van der Waals surface area contributed by atoms with Crippen molar-refractivity contribution in [3.63, 3.8) is 0 Å². The zero-order valence-corrected chi connectivity index (χ0v) is 28.8. The quantitative estimate of drug-likeness (QED) is 0.0346. The number of aryl methyl sites for hydroxylation is 1. The fraction of sp³-hybridized carbons (Fsp3) is 0.162. The molecule has 0 radical (unpaired) electrons. The number of carbonyl (C=O) groups is 1. The Labute approximate surface area is 301 Å². The van der Waals surface area contributed by atoms with E-state index in [-0.39, 0.29) is 51.3 Å². The molecule has 0 atom stereocenters. The highest BCUT2D eigenvalue weighted by atomic mass is 19.1. The summed E-state index contributed by atoms with van der Waals surface area (Å²) in [7, 11) is 4.72. The van der Waals surface area contributed by atoms with Crippen molar-refractivity contribution >= 4 is 40.1 Å². The molecule has 0 aliphatic carbocycles. The topological polar surface area (TPSA) is 195 Å². The smallest absolute Gasteiger partial charge is 0.347 e. The second kappa shape index (κ2) is 17.0. The van der Waals surface area contributed by atoms with Crippen LogP contribution in [0.2, 0.25) is 0 Å².